The molecule has 0 atom stereocenters. The fourth-order valence-corrected chi connectivity index (χ4v) is 1.05. The van der Waals surface area contributed by atoms with Crippen molar-refractivity contribution in [1.82, 2.24) is 5.32 Å². The molecule has 0 unspecified atom stereocenters. The Labute approximate surface area is 81.8 Å². The minimum Gasteiger partial charge on any atom is -0.507 e. The number of benzene rings is 1. The third-order valence-electron chi connectivity index (χ3n) is 1.71. The molecule has 4 nitrogen and oxygen atoms in total. The van der Waals surface area contributed by atoms with Crippen LogP contribution in [0, 0.1) is 11.3 Å². The van der Waals surface area contributed by atoms with Crippen LogP contribution in [0.5, 0.6) is 5.75 Å². The molecule has 0 aliphatic heterocycles. The predicted molar refractivity (Wildman–Crippen MR) is 50.8 cm³/mol. The van der Waals surface area contributed by atoms with Gasteiger partial charge in [-0.1, -0.05) is 0 Å². The van der Waals surface area contributed by atoms with E-state index in [1.165, 1.54) is 18.2 Å². The number of hydrogen-bond acceptors (Lipinski definition) is 3. The first kappa shape index (κ1) is 10.1. The van der Waals surface area contributed by atoms with Crippen molar-refractivity contribution in [3.05, 3.63) is 29.3 Å². The Morgan fingerprint density at radius 1 is 1.64 bits per heavy atom. The normalized spacial score (nSPS) is 9.14. The third kappa shape index (κ3) is 2.02. The zero-order valence-electron chi connectivity index (χ0n) is 7.74. The van der Waals surface area contributed by atoms with Crippen LogP contribution in [-0.4, -0.2) is 17.6 Å². The van der Waals surface area contributed by atoms with E-state index in [2.05, 4.69) is 5.32 Å². The minimum absolute atomic E-state index is 0.171. The molecule has 0 saturated heterocycles. The largest absolute Gasteiger partial charge is 0.507 e. The maximum atomic E-state index is 11.3. The molecule has 0 heterocycles. The fraction of sp³-hybridized carbons (Fsp3) is 0.200. The summed E-state index contributed by atoms with van der Waals surface area (Å²) in [6, 6.07) is 6.06. The molecule has 1 aromatic rings. The van der Waals surface area contributed by atoms with Crippen LogP contribution >= 0.6 is 0 Å². The number of phenols is 1. The molecule has 0 saturated carbocycles. The number of nitriles is 1. The van der Waals surface area contributed by atoms with Crippen LogP contribution < -0.4 is 5.32 Å². The predicted octanol–water partition coefficient (Wildman–Crippen LogP) is 1.01. The summed E-state index contributed by atoms with van der Waals surface area (Å²) in [5.41, 5.74) is 0.515. The van der Waals surface area contributed by atoms with E-state index in [-0.39, 0.29) is 17.2 Å². The lowest BCUT2D eigenvalue weighted by atomic mass is 10.1. The first-order valence-electron chi connectivity index (χ1n) is 4.20. The smallest absolute Gasteiger partial charge is 0.255 e. The molecule has 1 amide bonds. The first-order chi connectivity index (χ1) is 6.69. The SMILES string of the molecule is CCNC(=O)c1ccc(C#N)cc1O. The second kappa shape index (κ2) is 4.28. The molecule has 0 aliphatic rings. The monoisotopic (exact) mass is 190 g/mol. The van der Waals surface area contributed by atoms with Crippen molar-refractivity contribution in [2.75, 3.05) is 6.54 Å². The van der Waals surface area contributed by atoms with E-state index < -0.39 is 0 Å². The third-order valence-corrected chi connectivity index (χ3v) is 1.71. The van der Waals surface area contributed by atoms with Crippen LogP contribution in [0.1, 0.15) is 22.8 Å². The number of aromatic hydroxyl groups is 1. The van der Waals surface area contributed by atoms with Crippen LogP contribution in [0.4, 0.5) is 0 Å². The minimum atomic E-state index is -0.338. The average Bonchev–Trinajstić information content (AvgIpc) is 2.17. The second-order valence-corrected chi connectivity index (χ2v) is 2.70. The number of carbonyl (C=O) groups excluding carboxylic acids is 1. The van der Waals surface area contributed by atoms with Crippen molar-refractivity contribution < 1.29 is 9.90 Å². The summed E-state index contributed by atoms with van der Waals surface area (Å²) in [5.74, 6) is -0.510. The van der Waals surface area contributed by atoms with Crippen LogP contribution in [0.25, 0.3) is 0 Å². The van der Waals surface area contributed by atoms with Crippen LogP contribution in [-0.2, 0) is 0 Å². The van der Waals surface area contributed by atoms with E-state index in [0.717, 1.165) is 0 Å². The Balaban J connectivity index is 3.01. The highest BCUT2D eigenvalue weighted by Gasteiger charge is 2.09. The highest BCUT2D eigenvalue weighted by molar-refractivity contribution is 5.96. The summed E-state index contributed by atoms with van der Waals surface area (Å²) in [6.07, 6.45) is 0. The molecule has 0 spiro atoms. The number of amides is 1. The van der Waals surface area contributed by atoms with Gasteiger partial charge in [-0.15, -0.1) is 0 Å². The molecule has 4 heteroatoms. The van der Waals surface area contributed by atoms with Gasteiger partial charge >= 0.3 is 0 Å². The van der Waals surface area contributed by atoms with Gasteiger partial charge in [-0.05, 0) is 25.1 Å². The zero-order chi connectivity index (χ0) is 10.6. The lowest BCUT2D eigenvalue weighted by Gasteiger charge is -2.04. The number of carbonyl (C=O) groups is 1. The van der Waals surface area contributed by atoms with Gasteiger partial charge in [-0.25, -0.2) is 0 Å². The number of phenolic OH excluding ortho intramolecular Hbond substituents is 1. The molecule has 0 fully saturated rings. The van der Waals surface area contributed by atoms with Gasteiger partial charge in [0.25, 0.3) is 5.91 Å². The summed E-state index contributed by atoms with van der Waals surface area (Å²) in [5, 5.41) is 20.5. The van der Waals surface area contributed by atoms with Gasteiger partial charge in [0.1, 0.15) is 5.75 Å². The van der Waals surface area contributed by atoms with Gasteiger partial charge in [0.15, 0.2) is 0 Å². The number of nitrogens with zero attached hydrogens (tertiary/aromatic N) is 1. The van der Waals surface area contributed by atoms with Crippen LogP contribution in [0.2, 0.25) is 0 Å². The number of rotatable bonds is 2. The highest BCUT2D eigenvalue weighted by Crippen LogP contribution is 2.17. The molecular formula is C10H10N2O2. The molecule has 0 radical (unpaired) electrons. The molecule has 1 rings (SSSR count). The Morgan fingerprint density at radius 3 is 2.86 bits per heavy atom. The molecular weight excluding hydrogens is 180 g/mol. The first-order valence-corrected chi connectivity index (χ1v) is 4.20. The molecule has 0 aromatic heterocycles. The van der Waals surface area contributed by atoms with Crippen molar-refractivity contribution in [2.24, 2.45) is 0 Å². The Bertz CT molecular complexity index is 394. The second-order valence-electron chi connectivity index (χ2n) is 2.70. The molecule has 14 heavy (non-hydrogen) atoms. The standard InChI is InChI=1S/C10H10N2O2/c1-2-12-10(14)8-4-3-7(6-11)5-9(8)13/h3-5,13H,2H2,1H3,(H,12,14). The van der Waals surface area contributed by atoms with Gasteiger partial charge in [-0.3, -0.25) is 4.79 Å². The lowest BCUT2D eigenvalue weighted by Crippen LogP contribution is -2.22. The number of hydrogen-bond donors (Lipinski definition) is 2. The molecule has 1 aromatic carbocycles. The van der Waals surface area contributed by atoms with Crippen molar-refractivity contribution in [2.45, 2.75) is 6.92 Å². The summed E-state index contributed by atoms with van der Waals surface area (Å²) in [6.45, 7) is 2.29. The van der Waals surface area contributed by atoms with Gasteiger partial charge in [0, 0.05) is 6.54 Å². The maximum absolute atomic E-state index is 11.3. The van der Waals surface area contributed by atoms with Crippen molar-refractivity contribution >= 4 is 5.91 Å². The van der Waals surface area contributed by atoms with E-state index in [0.29, 0.717) is 12.1 Å². The van der Waals surface area contributed by atoms with E-state index in [9.17, 15) is 9.90 Å². The lowest BCUT2D eigenvalue weighted by molar-refractivity contribution is 0.0953. The van der Waals surface area contributed by atoms with Crippen LogP contribution in [0.15, 0.2) is 18.2 Å². The van der Waals surface area contributed by atoms with E-state index in [4.69, 9.17) is 5.26 Å². The number of nitrogens with one attached hydrogen (secondary N) is 1. The van der Waals surface area contributed by atoms with E-state index in [1.54, 1.807) is 6.92 Å². The quantitative estimate of drug-likeness (QED) is 0.731. The molecule has 0 aliphatic carbocycles. The summed E-state index contributed by atoms with van der Waals surface area (Å²) in [4.78, 5) is 11.3. The van der Waals surface area contributed by atoms with Gasteiger partial charge in [-0.2, -0.15) is 5.26 Å². The van der Waals surface area contributed by atoms with E-state index >= 15 is 0 Å². The maximum Gasteiger partial charge on any atom is 0.255 e. The van der Waals surface area contributed by atoms with E-state index in [1.807, 2.05) is 6.07 Å². The zero-order valence-corrected chi connectivity index (χ0v) is 7.74. The fourth-order valence-electron chi connectivity index (χ4n) is 1.05. The Hall–Kier alpha value is -2.02. The van der Waals surface area contributed by atoms with Crippen molar-refractivity contribution in [1.29, 1.82) is 5.26 Å². The molecule has 2 N–H and O–H groups in total. The molecule has 0 bridgehead atoms. The highest BCUT2D eigenvalue weighted by atomic mass is 16.3. The summed E-state index contributed by atoms with van der Waals surface area (Å²) < 4.78 is 0. The van der Waals surface area contributed by atoms with Crippen LogP contribution in [0.3, 0.4) is 0 Å². The van der Waals surface area contributed by atoms with Gasteiger partial charge < -0.3 is 10.4 Å². The average molecular weight is 190 g/mol. The van der Waals surface area contributed by atoms with Gasteiger partial charge in [0.05, 0.1) is 17.2 Å². The Morgan fingerprint density at radius 2 is 2.36 bits per heavy atom. The topological polar surface area (TPSA) is 73.1 Å². The summed E-state index contributed by atoms with van der Waals surface area (Å²) in [7, 11) is 0. The van der Waals surface area contributed by atoms with Crippen molar-refractivity contribution in [3.8, 4) is 11.8 Å². The van der Waals surface area contributed by atoms with Crippen molar-refractivity contribution in [3.63, 3.8) is 0 Å². The molecule has 72 valence electrons. The van der Waals surface area contributed by atoms with Gasteiger partial charge in [0.2, 0.25) is 0 Å². The Kier molecular flexibility index (Phi) is 3.08. The summed E-state index contributed by atoms with van der Waals surface area (Å²) >= 11 is 0.